The monoisotopic (exact) mass is 288 g/mol. The number of carbonyl (C=O) groups excluding carboxylic acids is 2. The number of hydrogen-bond acceptors (Lipinski definition) is 3. The van der Waals surface area contributed by atoms with Crippen LogP contribution in [-0.4, -0.2) is 42.8 Å². The maximum Gasteiger partial charge on any atom is 0.223 e. The van der Waals surface area contributed by atoms with E-state index in [1.54, 1.807) is 0 Å². The van der Waals surface area contributed by atoms with E-state index in [1.807, 2.05) is 36.9 Å². The molecule has 0 saturated carbocycles. The molecular weight excluding hydrogens is 264 g/mol. The largest absolute Gasteiger partial charge is 0.341 e. The molecule has 1 amide bonds. The average Bonchev–Trinajstić information content (AvgIpc) is 2.76. The minimum atomic E-state index is 0.0671. The second-order valence-electron chi connectivity index (χ2n) is 5.73. The molecule has 1 fully saturated rings. The Morgan fingerprint density at radius 3 is 2.76 bits per heavy atom. The number of ketones is 1. The van der Waals surface area contributed by atoms with Crippen LogP contribution >= 0.6 is 0 Å². The Bertz CT molecular complexity index is 518. The number of nitrogens with one attached hydrogen (secondary N) is 1. The van der Waals surface area contributed by atoms with Crippen LogP contribution in [0, 0.1) is 13.8 Å². The summed E-state index contributed by atoms with van der Waals surface area (Å²) in [6.45, 7) is 7.27. The van der Waals surface area contributed by atoms with Crippen molar-refractivity contribution in [3.05, 3.63) is 34.9 Å². The van der Waals surface area contributed by atoms with Gasteiger partial charge in [0.05, 0.1) is 0 Å². The highest BCUT2D eigenvalue weighted by Crippen LogP contribution is 2.14. The molecule has 0 aliphatic carbocycles. The van der Waals surface area contributed by atoms with Crippen molar-refractivity contribution < 1.29 is 9.59 Å². The molecule has 0 radical (unpaired) electrons. The summed E-state index contributed by atoms with van der Waals surface area (Å²) in [6.07, 6.45) is 1.59. The van der Waals surface area contributed by atoms with Crippen LogP contribution < -0.4 is 5.32 Å². The lowest BCUT2D eigenvalue weighted by Crippen LogP contribution is -2.34. The Kier molecular flexibility index (Phi) is 5.51. The average molecular weight is 288 g/mol. The van der Waals surface area contributed by atoms with Crippen molar-refractivity contribution in [1.82, 2.24) is 10.2 Å². The zero-order valence-electron chi connectivity index (χ0n) is 12.9. The van der Waals surface area contributed by atoms with Crippen LogP contribution in [0.3, 0.4) is 0 Å². The third kappa shape index (κ3) is 4.39. The normalized spacial score (nSPS) is 15.6. The number of carbonyl (C=O) groups is 2. The van der Waals surface area contributed by atoms with Gasteiger partial charge in [-0.2, -0.15) is 0 Å². The molecule has 0 unspecified atom stereocenters. The van der Waals surface area contributed by atoms with Gasteiger partial charge in [0.1, 0.15) is 0 Å². The van der Waals surface area contributed by atoms with Crippen LogP contribution in [-0.2, 0) is 4.79 Å². The molecule has 1 heterocycles. The van der Waals surface area contributed by atoms with Crippen LogP contribution in [0.4, 0.5) is 0 Å². The summed E-state index contributed by atoms with van der Waals surface area (Å²) < 4.78 is 0. The molecule has 1 N–H and O–H groups in total. The molecule has 1 saturated heterocycles. The minimum absolute atomic E-state index is 0.0671. The molecule has 1 aromatic rings. The number of aryl methyl sites for hydroxylation is 2. The Balaban J connectivity index is 1.91. The topological polar surface area (TPSA) is 49.4 Å². The summed E-state index contributed by atoms with van der Waals surface area (Å²) in [4.78, 5) is 26.3. The first kappa shape index (κ1) is 15.7. The quantitative estimate of drug-likeness (QED) is 0.863. The first-order valence-corrected chi connectivity index (χ1v) is 7.67. The van der Waals surface area contributed by atoms with Crippen molar-refractivity contribution in [2.75, 3.05) is 26.2 Å². The molecule has 1 aliphatic heterocycles. The molecule has 0 spiro atoms. The Morgan fingerprint density at radius 1 is 1.14 bits per heavy atom. The fraction of sp³-hybridized carbons (Fsp3) is 0.529. The lowest BCUT2D eigenvalue weighted by Gasteiger charge is -2.19. The number of amides is 1. The number of Topliss-reactive ketones (excluding diaryl/α,β-unsaturated/α-hetero) is 1. The molecule has 4 nitrogen and oxygen atoms in total. The number of rotatable bonds is 4. The molecule has 2 rings (SSSR count). The third-order valence-electron chi connectivity index (χ3n) is 3.95. The van der Waals surface area contributed by atoms with Gasteiger partial charge >= 0.3 is 0 Å². The van der Waals surface area contributed by atoms with Crippen LogP contribution in [0.1, 0.15) is 40.7 Å². The lowest BCUT2D eigenvalue weighted by molar-refractivity contribution is -0.130. The molecule has 1 aliphatic rings. The fourth-order valence-electron chi connectivity index (χ4n) is 2.64. The minimum Gasteiger partial charge on any atom is -0.341 e. The van der Waals surface area contributed by atoms with Gasteiger partial charge in [-0.3, -0.25) is 9.59 Å². The van der Waals surface area contributed by atoms with Crippen LogP contribution in [0.5, 0.6) is 0 Å². The molecule has 0 atom stereocenters. The first-order valence-electron chi connectivity index (χ1n) is 7.67. The van der Waals surface area contributed by atoms with Gasteiger partial charge in [0.15, 0.2) is 5.78 Å². The Hall–Kier alpha value is -1.68. The summed E-state index contributed by atoms with van der Waals surface area (Å²) in [5, 5.41) is 3.28. The zero-order valence-corrected chi connectivity index (χ0v) is 12.9. The van der Waals surface area contributed by atoms with Crippen LogP contribution in [0.25, 0.3) is 0 Å². The van der Waals surface area contributed by atoms with E-state index in [2.05, 4.69) is 5.32 Å². The smallest absolute Gasteiger partial charge is 0.223 e. The van der Waals surface area contributed by atoms with Gasteiger partial charge < -0.3 is 10.2 Å². The summed E-state index contributed by atoms with van der Waals surface area (Å²) in [7, 11) is 0. The van der Waals surface area contributed by atoms with Gasteiger partial charge in [-0.15, -0.1) is 0 Å². The van der Waals surface area contributed by atoms with E-state index in [0.29, 0.717) is 12.8 Å². The van der Waals surface area contributed by atoms with E-state index < -0.39 is 0 Å². The number of nitrogens with zero attached hydrogens (tertiary/aromatic N) is 1. The van der Waals surface area contributed by atoms with Crippen molar-refractivity contribution in [3.8, 4) is 0 Å². The predicted molar refractivity (Wildman–Crippen MR) is 83.5 cm³/mol. The summed E-state index contributed by atoms with van der Waals surface area (Å²) in [6, 6.07) is 5.88. The third-order valence-corrected chi connectivity index (χ3v) is 3.95. The van der Waals surface area contributed by atoms with Gasteiger partial charge in [0.2, 0.25) is 5.91 Å². The van der Waals surface area contributed by atoms with E-state index in [-0.39, 0.29) is 11.7 Å². The summed E-state index contributed by atoms with van der Waals surface area (Å²) in [5.41, 5.74) is 2.81. The second kappa shape index (κ2) is 7.36. The van der Waals surface area contributed by atoms with Crippen molar-refractivity contribution in [3.63, 3.8) is 0 Å². The van der Waals surface area contributed by atoms with Crippen LogP contribution in [0.2, 0.25) is 0 Å². The molecular formula is C17H24N2O2. The number of benzene rings is 1. The standard InChI is InChI=1S/C17H24N2O2/c1-13-4-5-14(2)15(12-13)16(20)6-7-17(21)19-10-3-8-18-9-11-19/h4-5,12,18H,3,6-11H2,1-2H3. The predicted octanol–water partition coefficient (Wildman–Crippen LogP) is 2.09. The molecule has 1 aromatic carbocycles. The molecule has 0 aromatic heterocycles. The van der Waals surface area contributed by atoms with Crippen molar-refractivity contribution in [2.24, 2.45) is 0 Å². The maximum absolute atomic E-state index is 12.3. The van der Waals surface area contributed by atoms with Crippen LogP contribution in [0.15, 0.2) is 18.2 Å². The van der Waals surface area contributed by atoms with E-state index >= 15 is 0 Å². The Labute approximate surface area is 126 Å². The van der Waals surface area contributed by atoms with E-state index in [9.17, 15) is 9.59 Å². The van der Waals surface area contributed by atoms with Gasteiger partial charge in [0, 0.05) is 38.0 Å². The number of hydrogen-bond donors (Lipinski definition) is 1. The summed E-state index contributed by atoms with van der Waals surface area (Å²) in [5.74, 6) is 0.162. The first-order chi connectivity index (χ1) is 10.1. The van der Waals surface area contributed by atoms with Crippen molar-refractivity contribution in [1.29, 1.82) is 0 Å². The molecule has 0 bridgehead atoms. The molecule has 21 heavy (non-hydrogen) atoms. The highest BCUT2D eigenvalue weighted by atomic mass is 16.2. The van der Waals surface area contributed by atoms with Gasteiger partial charge in [-0.25, -0.2) is 0 Å². The molecule has 4 heteroatoms. The summed E-state index contributed by atoms with van der Waals surface area (Å²) >= 11 is 0. The SMILES string of the molecule is Cc1ccc(C)c(C(=O)CCC(=O)N2CCCNCC2)c1. The van der Waals surface area contributed by atoms with Gasteiger partial charge in [-0.1, -0.05) is 17.7 Å². The van der Waals surface area contributed by atoms with E-state index in [0.717, 1.165) is 49.3 Å². The van der Waals surface area contributed by atoms with E-state index in [4.69, 9.17) is 0 Å². The van der Waals surface area contributed by atoms with Gasteiger partial charge in [-0.05, 0) is 38.4 Å². The van der Waals surface area contributed by atoms with Gasteiger partial charge in [0.25, 0.3) is 0 Å². The maximum atomic E-state index is 12.3. The highest BCUT2D eigenvalue weighted by Gasteiger charge is 2.17. The Morgan fingerprint density at radius 2 is 1.95 bits per heavy atom. The van der Waals surface area contributed by atoms with E-state index in [1.165, 1.54) is 0 Å². The second-order valence-corrected chi connectivity index (χ2v) is 5.73. The van der Waals surface area contributed by atoms with Crippen molar-refractivity contribution >= 4 is 11.7 Å². The zero-order chi connectivity index (χ0) is 15.2. The fourth-order valence-corrected chi connectivity index (χ4v) is 2.64. The van der Waals surface area contributed by atoms with Crippen molar-refractivity contribution in [2.45, 2.75) is 33.1 Å². The lowest BCUT2D eigenvalue weighted by atomic mass is 9.99. The highest BCUT2D eigenvalue weighted by molar-refractivity contribution is 5.99. The molecule has 114 valence electrons.